The Morgan fingerprint density at radius 3 is 2.29 bits per heavy atom. The lowest BCUT2D eigenvalue weighted by molar-refractivity contribution is -0.154. The first-order valence-electron chi connectivity index (χ1n) is 5.73. The fourth-order valence-corrected chi connectivity index (χ4v) is 1.96. The number of carbonyl (C=O) groups excluding carboxylic acids is 1. The third kappa shape index (κ3) is 4.11. The Kier molecular flexibility index (Phi) is 3.97. The Labute approximate surface area is 107 Å². The van der Waals surface area contributed by atoms with Crippen molar-refractivity contribution >= 4 is 17.3 Å². The summed E-state index contributed by atoms with van der Waals surface area (Å²) < 4.78 is 5.25. The van der Waals surface area contributed by atoms with Crippen LogP contribution in [0.1, 0.15) is 51.4 Å². The van der Waals surface area contributed by atoms with Crippen molar-refractivity contribution in [2.24, 2.45) is 5.41 Å². The number of rotatable bonds is 2. The summed E-state index contributed by atoms with van der Waals surface area (Å²) in [5, 5.41) is 1.07. The molecule has 17 heavy (non-hydrogen) atoms. The predicted molar refractivity (Wildman–Crippen MR) is 70.1 cm³/mol. The quantitative estimate of drug-likeness (QED) is 0.759. The second kappa shape index (κ2) is 4.77. The molecule has 0 N–H and O–H groups in total. The minimum Gasteiger partial charge on any atom is -0.459 e. The van der Waals surface area contributed by atoms with Crippen molar-refractivity contribution in [1.82, 2.24) is 4.98 Å². The van der Waals surface area contributed by atoms with E-state index in [4.69, 9.17) is 4.74 Å². The highest BCUT2D eigenvalue weighted by Crippen LogP contribution is 2.27. The predicted octanol–water partition coefficient (Wildman–Crippen LogP) is 3.53. The zero-order chi connectivity index (χ0) is 13.3. The van der Waals surface area contributed by atoms with E-state index in [-0.39, 0.29) is 11.4 Å². The van der Waals surface area contributed by atoms with Gasteiger partial charge in [-0.05, 0) is 20.8 Å². The minimum atomic E-state index is -0.447. The van der Waals surface area contributed by atoms with Crippen molar-refractivity contribution in [1.29, 1.82) is 0 Å². The van der Waals surface area contributed by atoms with Crippen LogP contribution in [0.15, 0.2) is 6.20 Å². The first kappa shape index (κ1) is 14.2. The molecule has 1 rings (SSSR count). The molecule has 96 valence electrons. The van der Waals surface area contributed by atoms with E-state index < -0.39 is 5.41 Å². The Morgan fingerprint density at radius 2 is 1.88 bits per heavy atom. The lowest BCUT2D eigenvalue weighted by Gasteiger charge is -2.16. The van der Waals surface area contributed by atoms with Crippen LogP contribution >= 0.6 is 11.3 Å². The van der Waals surface area contributed by atoms with Crippen LogP contribution in [0.5, 0.6) is 0 Å². The zero-order valence-corrected chi connectivity index (χ0v) is 12.3. The van der Waals surface area contributed by atoms with Gasteiger partial charge in [-0.2, -0.15) is 0 Å². The average molecular weight is 255 g/mol. The molecule has 0 aliphatic heterocycles. The smallest absolute Gasteiger partial charge is 0.311 e. The maximum Gasteiger partial charge on any atom is 0.311 e. The topological polar surface area (TPSA) is 39.2 Å². The molecule has 0 bridgehead atoms. The van der Waals surface area contributed by atoms with Gasteiger partial charge in [-0.15, -0.1) is 11.3 Å². The van der Waals surface area contributed by atoms with Crippen molar-refractivity contribution in [2.45, 2.75) is 53.6 Å². The van der Waals surface area contributed by atoms with Gasteiger partial charge in [0, 0.05) is 11.6 Å². The van der Waals surface area contributed by atoms with E-state index >= 15 is 0 Å². The van der Waals surface area contributed by atoms with Crippen molar-refractivity contribution in [2.75, 3.05) is 0 Å². The van der Waals surface area contributed by atoms with E-state index in [0.717, 1.165) is 9.88 Å². The van der Waals surface area contributed by atoms with Gasteiger partial charge in [-0.1, -0.05) is 20.8 Å². The molecule has 0 aromatic carbocycles. The fraction of sp³-hybridized carbons (Fsp3) is 0.692. The number of thiazole rings is 1. The summed E-state index contributed by atoms with van der Waals surface area (Å²) >= 11 is 1.60. The molecule has 0 saturated carbocycles. The minimum absolute atomic E-state index is 0.0525. The largest absolute Gasteiger partial charge is 0.459 e. The van der Waals surface area contributed by atoms with Gasteiger partial charge >= 0.3 is 5.97 Å². The van der Waals surface area contributed by atoms with Crippen LogP contribution in [0, 0.1) is 5.41 Å². The van der Waals surface area contributed by atoms with Crippen LogP contribution in [0.3, 0.4) is 0 Å². The van der Waals surface area contributed by atoms with E-state index in [9.17, 15) is 4.79 Å². The molecule has 0 radical (unpaired) electrons. The molecule has 0 spiro atoms. The number of hydrogen-bond acceptors (Lipinski definition) is 4. The molecule has 0 unspecified atom stereocenters. The standard InChI is InChI=1S/C13H21NO2S/c1-12(2,3)10-14-7-9(17-10)8-16-11(15)13(4,5)6/h7H,8H2,1-6H3. The monoisotopic (exact) mass is 255 g/mol. The van der Waals surface area contributed by atoms with Gasteiger partial charge in [-0.25, -0.2) is 4.98 Å². The van der Waals surface area contributed by atoms with Gasteiger partial charge in [-0.3, -0.25) is 4.79 Å². The second-order valence-electron chi connectivity index (χ2n) is 6.21. The Morgan fingerprint density at radius 1 is 1.29 bits per heavy atom. The normalized spacial score (nSPS) is 12.6. The van der Waals surface area contributed by atoms with Gasteiger partial charge < -0.3 is 4.74 Å². The number of ether oxygens (including phenoxy) is 1. The highest BCUT2D eigenvalue weighted by Gasteiger charge is 2.24. The summed E-state index contributed by atoms with van der Waals surface area (Å²) in [4.78, 5) is 17.0. The molecule has 0 aliphatic carbocycles. The van der Waals surface area contributed by atoms with Gasteiger partial charge in [0.15, 0.2) is 0 Å². The first-order chi connectivity index (χ1) is 7.60. The highest BCUT2D eigenvalue weighted by atomic mass is 32.1. The number of nitrogens with zero attached hydrogens (tertiary/aromatic N) is 1. The van der Waals surface area contributed by atoms with E-state index in [2.05, 4.69) is 25.8 Å². The maximum atomic E-state index is 11.6. The zero-order valence-electron chi connectivity index (χ0n) is 11.5. The molecular formula is C13H21NO2S. The number of aromatic nitrogens is 1. The van der Waals surface area contributed by atoms with E-state index in [0.29, 0.717) is 6.61 Å². The van der Waals surface area contributed by atoms with Crippen LogP contribution in [-0.4, -0.2) is 11.0 Å². The SMILES string of the molecule is CC(C)(C)C(=O)OCc1cnc(C(C)(C)C)s1. The summed E-state index contributed by atoms with van der Waals surface area (Å²) in [6.07, 6.45) is 1.79. The summed E-state index contributed by atoms with van der Waals surface area (Å²) in [5.41, 5.74) is -0.394. The molecule has 0 atom stereocenters. The van der Waals surface area contributed by atoms with Gasteiger partial charge in [0.05, 0.1) is 15.3 Å². The molecule has 0 amide bonds. The third-order valence-corrected chi connectivity index (χ3v) is 3.55. The van der Waals surface area contributed by atoms with Crippen LogP contribution in [-0.2, 0) is 21.6 Å². The first-order valence-corrected chi connectivity index (χ1v) is 6.55. The van der Waals surface area contributed by atoms with E-state index in [1.807, 2.05) is 20.8 Å². The van der Waals surface area contributed by atoms with Crippen LogP contribution in [0.2, 0.25) is 0 Å². The highest BCUT2D eigenvalue weighted by molar-refractivity contribution is 7.11. The van der Waals surface area contributed by atoms with Crippen LogP contribution in [0.4, 0.5) is 0 Å². The summed E-state index contributed by atoms with van der Waals surface area (Å²) in [5.74, 6) is -0.178. The molecule has 1 heterocycles. The Bertz CT molecular complexity index is 396. The summed E-state index contributed by atoms with van der Waals surface area (Å²) in [6, 6.07) is 0. The maximum absolute atomic E-state index is 11.6. The van der Waals surface area contributed by atoms with Crippen molar-refractivity contribution in [3.05, 3.63) is 16.1 Å². The van der Waals surface area contributed by atoms with E-state index in [1.165, 1.54) is 0 Å². The van der Waals surface area contributed by atoms with Gasteiger partial charge in [0.25, 0.3) is 0 Å². The number of esters is 1. The van der Waals surface area contributed by atoms with Gasteiger partial charge in [0.1, 0.15) is 6.61 Å². The average Bonchev–Trinajstić information content (AvgIpc) is 2.59. The van der Waals surface area contributed by atoms with Crippen molar-refractivity contribution < 1.29 is 9.53 Å². The van der Waals surface area contributed by atoms with Crippen LogP contribution < -0.4 is 0 Å². The molecule has 0 aliphatic rings. The Hall–Kier alpha value is -0.900. The van der Waals surface area contributed by atoms with Crippen molar-refractivity contribution in [3.8, 4) is 0 Å². The number of carbonyl (C=O) groups is 1. The molecule has 0 saturated heterocycles. The van der Waals surface area contributed by atoms with Crippen molar-refractivity contribution in [3.63, 3.8) is 0 Å². The molecule has 1 aromatic heterocycles. The van der Waals surface area contributed by atoms with Gasteiger partial charge in [0.2, 0.25) is 0 Å². The summed E-state index contributed by atoms with van der Waals surface area (Å²) in [6.45, 7) is 12.2. The number of hydrogen-bond donors (Lipinski definition) is 0. The molecule has 4 heteroatoms. The molecule has 3 nitrogen and oxygen atoms in total. The molecular weight excluding hydrogens is 234 g/mol. The van der Waals surface area contributed by atoms with Crippen LogP contribution in [0.25, 0.3) is 0 Å². The third-order valence-electron chi connectivity index (χ3n) is 2.15. The van der Waals surface area contributed by atoms with E-state index in [1.54, 1.807) is 17.5 Å². The summed E-state index contributed by atoms with van der Waals surface area (Å²) in [7, 11) is 0. The lowest BCUT2D eigenvalue weighted by atomic mass is 9.97. The molecule has 0 fully saturated rings. The lowest BCUT2D eigenvalue weighted by Crippen LogP contribution is -2.22. The molecule has 1 aromatic rings. The Balaban J connectivity index is 2.60. The fourth-order valence-electron chi connectivity index (χ4n) is 1.07. The second-order valence-corrected chi connectivity index (χ2v) is 7.32.